The van der Waals surface area contributed by atoms with Crippen LogP contribution in [0.4, 0.5) is 0 Å². The van der Waals surface area contributed by atoms with Gasteiger partial charge in [0.15, 0.2) is 17.3 Å². The number of aromatic nitrogens is 3. The van der Waals surface area contributed by atoms with Crippen molar-refractivity contribution in [3.8, 4) is 23.0 Å². The molecular weight excluding hydrogens is 380 g/mol. The molecule has 0 atom stereocenters. The number of nitrogens with zero attached hydrogens (tertiary/aromatic N) is 3. The summed E-state index contributed by atoms with van der Waals surface area (Å²) in [5.41, 5.74) is 3.23. The lowest BCUT2D eigenvalue weighted by atomic mass is 10.0. The Morgan fingerprint density at radius 2 is 1.97 bits per heavy atom. The lowest BCUT2D eigenvalue weighted by Gasteiger charge is -2.28. The van der Waals surface area contributed by atoms with Gasteiger partial charge in [-0.15, -0.1) is 0 Å². The van der Waals surface area contributed by atoms with E-state index in [0.29, 0.717) is 44.2 Å². The van der Waals surface area contributed by atoms with Crippen LogP contribution in [0.5, 0.6) is 11.5 Å². The first-order valence-corrected chi connectivity index (χ1v) is 10.3. The van der Waals surface area contributed by atoms with Crippen LogP contribution in [0.2, 0.25) is 0 Å². The van der Waals surface area contributed by atoms with Crippen molar-refractivity contribution in [1.82, 2.24) is 19.9 Å². The van der Waals surface area contributed by atoms with Gasteiger partial charge < -0.3 is 14.5 Å². The van der Waals surface area contributed by atoms with Crippen LogP contribution in [0, 0.1) is 0 Å². The van der Waals surface area contributed by atoms with Crippen LogP contribution in [-0.2, 0) is 19.5 Å². The fourth-order valence-electron chi connectivity index (χ4n) is 3.76. The van der Waals surface area contributed by atoms with Crippen LogP contribution in [0.25, 0.3) is 11.5 Å². The fourth-order valence-corrected chi connectivity index (χ4v) is 3.76. The summed E-state index contributed by atoms with van der Waals surface area (Å²) in [6.07, 6.45) is 2.36. The minimum Gasteiger partial charge on any atom is -0.490 e. The van der Waals surface area contributed by atoms with Crippen LogP contribution in [0.15, 0.2) is 47.4 Å². The van der Waals surface area contributed by atoms with Gasteiger partial charge in [-0.1, -0.05) is 18.2 Å². The Hall–Kier alpha value is -3.19. The molecule has 7 nitrogen and oxygen atoms in total. The Morgan fingerprint density at radius 3 is 2.73 bits per heavy atom. The Labute approximate surface area is 175 Å². The van der Waals surface area contributed by atoms with Gasteiger partial charge in [-0.2, -0.15) is 0 Å². The van der Waals surface area contributed by atoms with Crippen LogP contribution in [0.3, 0.4) is 0 Å². The zero-order chi connectivity index (χ0) is 20.9. The molecule has 3 aromatic rings. The van der Waals surface area contributed by atoms with Gasteiger partial charge in [-0.3, -0.25) is 14.7 Å². The first-order chi connectivity index (χ1) is 14.7. The van der Waals surface area contributed by atoms with E-state index >= 15 is 0 Å². The molecule has 1 aliphatic heterocycles. The summed E-state index contributed by atoms with van der Waals surface area (Å²) < 4.78 is 11.6. The molecule has 0 saturated heterocycles. The number of rotatable bonds is 7. The predicted octanol–water partition coefficient (Wildman–Crippen LogP) is 3.19. The first-order valence-electron chi connectivity index (χ1n) is 10.3. The van der Waals surface area contributed by atoms with Crippen molar-refractivity contribution in [2.45, 2.75) is 33.4 Å². The monoisotopic (exact) mass is 406 g/mol. The number of pyridine rings is 1. The highest BCUT2D eigenvalue weighted by atomic mass is 16.5. The van der Waals surface area contributed by atoms with Crippen molar-refractivity contribution in [2.24, 2.45) is 0 Å². The molecular formula is C23H26N4O3. The number of nitrogens with one attached hydrogen (secondary N) is 1. The lowest BCUT2D eigenvalue weighted by Crippen LogP contribution is -2.35. The van der Waals surface area contributed by atoms with Gasteiger partial charge in [0, 0.05) is 37.0 Å². The molecule has 1 aromatic carbocycles. The van der Waals surface area contributed by atoms with E-state index in [1.54, 1.807) is 6.20 Å². The van der Waals surface area contributed by atoms with Gasteiger partial charge >= 0.3 is 0 Å². The van der Waals surface area contributed by atoms with Gasteiger partial charge in [-0.05, 0) is 38.5 Å². The molecule has 156 valence electrons. The summed E-state index contributed by atoms with van der Waals surface area (Å²) in [6, 6.07) is 11.6. The molecule has 2 aromatic heterocycles. The molecule has 0 aliphatic carbocycles. The van der Waals surface area contributed by atoms with E-state index in [1.165, 1.54) is 0 Å². The Balaban J connectivity index is 1.60. The van der Waals surface area contributed by atoms with E-state index in [9.17, 15) is 4.79 Å². The minimum atomic E-state index is -0.0753. The third kappa shape index (κ3) is 4.21. The molecule has 7 heteroatoms. The standard InChI is InChI=1S/C23H26N4O3/c1-3-29-20-10-7-8-16(21(20)30-4-2)14-27-13-11-17-19(15-27)25-22(26-23(17)28)18-9-5-6-12-24-18/h5-10,12H,3-4,11,13-15H2,1-2H3,(H,25,26,28). The number of ether oxygens (including phenoxy) is 2. The topological polar surface area (TPSA) is 80.3 Å². The highest BCUT2D eigenvalue weighted by Crippen LogP contribution is 2.33. The molecule has 1 aliphatic rings. The average Bonchev–Trinajstić information content (AvgIpc) is 2.76. The van der Waals surface area contributed by atoms with E-state index in [4.69, 9.17) is 14.5 Å². The first kappa shape index (κ1) is 20.1. The van der Waals surface area contributed by atoms with Crippen molar-refractivity contribution in [3.05, 3.63) is 69.8 Å². The van der Waals surface area contributed by atoms with Crippen molar-refractivity contribution in [3.63, 3.8) is 0 Å². The van der Waals surface area contributed by atoms with Gasteiger partial charge in [0.2, 0.25) is 0 Å². The maximum atomic E-state index is 12.6. The Kier molecular flexibility index (Phi) is 6.09. The molecule has 1 N–H and O–H groups in total. The number of hydrogen-bond acceptors (Lipinski definition) is 6. The zero-order valence-electron chi connectivity index (χ0n) is 17.4. The minimum absolute atomic E-state index is 0.0753. The Morgan fingerprint density at radius 1 is 1.10 bits per heavy atom. The third-order valence-corrected chi connectivity index (χ3v) is 5.10. The molecule has 0 radical (unpaired) electrons. The van der Waals surface area contributed by atoms with E-state index in [-0.39, 0.29) is 5.56 Å². The molecule has 3 heterocycles. The summed E-state index contributed by atoms with van der Waals surface area (Å²) in [4.78, 5) is 26.8. The summed E-state index contributed by atoms with van der Waals surface area (Å²) in [5, 5.41) is 0. The van der Waals surface area contributed by atoms with Crippen LogP contribution in [0.1, 0.15) is 30.7 Å². The molecule has 0 bridgehead atoms. The highest BCUT2D eigenvalue weighted by molar-refractivity contribution is 5.49. The predicted molar refractivity (Wildman–Crippen MR) is 115 cm³/mol. The van der Waals surface area contributed by atoms with E-state index < -0.39 is 0 Å². The van der Waals surface area contributed by atoms with Crippen molar-refractivity contribution in [2.75, 3.05) is 19.8 Å². The normalized spacial score (nSPS) is 13.7. The van der Waals surface area contributed by atoms with Crippen molar-refractivity contribution in [1.29, 1.82) is 0 Å². The third-order valence-electron chi connectivity index (χ3n) is 5.10. The SMILES string of the molecule is CCOc1cccc(CN2CCc3c(nc(-c4ccccn4)[nH]c3=O)C2)c1OCC. The number of aromatic amines is 1. The molecule has 4 rings (SSSR count). The fraction of sp³-hybridized carbons (Fsp3) is 0.348. The number of H-pyrrole nitrogens is 1. The zero-order valence-corrected chi connectivity index (χ0v) is 17.4. The second kappa shape index (κ2) is 9.09. The lowest BCUT2D eigenvalue weighted by molar-refractivity contribution is 0.231. The van der Waals surface area contributed by atoms with Gasteiger partial charge in [0.1, 0.15) is 5.69 Å². The van der Waals surface area contributed by atoms with Crippen molar-refractivity contribution >= 4 is 0 Å². The quantitative estimate of drug-likeness (QED) is 0.649. The van der Waals surface area contributed by atoms with Gasteiger partial charge in [-0.25, -0.2) is 4.98 Å². The summed E-state index contributed by atoms with van der Waals surface area (Å²) in [5.74, 6) is 2.07. The Bertz CT molecular complexity index is 1070. The summed E-state index contributed by atoms with van der Waals surface area (Å²) in [6.45, 7) is 7.18. The maximum Gasteiger partial charge on any atom is 0.254 e. The largest absolute Gasteiger partial charge is 0.490 e. The van der Waals surface area contributed by atoms with Crippen molar-refractivity contribution < 1.29 is 9.47 Å². The second-order valence-electron chi connectivity index (χ2n) is 7.13. The van der Waals surface area contributed by atoms with Crippen LogP contribution < -0.4 is 15.0 Å². The summed E-state index contributed by atoms with van der Waals surface area (Å²) in [7, 11) is 0. The molecule has 0 amide bonds. The molecule has 0 saturated carbocycles. The number of benzene rings is 1. The molecule has 0 unspecified atom stereocenters. The van der Waals surface area contributed by atoms with Gasteiger partial charge in [0.05, 0.1) is 18.9 Å². The maximum absolute atomic E-state index is 12.6. The molecule has 0 fully saturated rings. The van der Waals surface area contributed by atoms with Crippen LogP contribution >= 0.6 is 0 Å². The van der Waals surface area contributed by atoms with E-state index in [1.807, 2.05) is 44.2 Å². The van der Waals surface area contributed by atoms with E-state index in [2.05, 4.69) is 20.9 Å². The number of fused-ring (bicyclic) bond motifs is 1. The van der Waals surface area contributed by atoms with E-state index in [0.717, 1.165) is 34.9 Å². The molecule has 30 heavy (non-hydrogen) atoms. The highest BCUT2D eigenvalue weighted by Gasteiger charge is 2.23. The second-order valence-corrected chi connectivity index (χ2v) is 7.13. The number of hydrogen-bond donors (Lipinski definition) is 1. The van der Waals surface area contributed by atoms with Crippen LogP contribution in [-0.4, -0.2) is 39.6 Å². The number of para-hydroxylation sites is 1. The molecule has 0 spiro atoms. The smallest absolute Gasteiger partial charge is 0.254 e. The average molecular weight is 406 g/mol. The summed E-state index contributed by atoms with van der Waals surface area (Å²) >= 11 is 0. The van der Waals surface area contributed by atoms with Gasteiger partial charge in [0.25, 0.3) is 5.56 Å².